The van der Waals surface area contributed by atoms with Gasteiger partial charge in [-0.1, -0.05) is 39.0 Å². The van der Waals surface area contributed by atoms with Gasteiger partial charge in [-0.25, -0.2) is 4.79 Å². The molecule has 1 aromatic carbocycles. The van der Waals surface area contributed by atoms with Crippen molar-refractivity contribution in [1.29, 1.82) is 0 Å². The van der Waals surface area contributed by atoms with Gasteiger partial charge in [0.15, 0.2) is 5.78 Å². The predicted octanol–water partition coefficient (Wildman–Crippen LogP) is 6.51. The van der Waals surface area contributed by atoms with Crippen molar-refractivity contribution in [3.8, 4) is 5.75 Å². The van der Waals surface area contributed by atoms with Crippen LogP contribution in [0.3, 0.4) is 0 Å². The van der Waals surface area contributed by atoms with E-state index in [1.54, 1.807) is 34.6 Å². The second-order valence-electron chi connectivity index (χ2n) is 11.8. The van der Waals surface area contributed by atoms with Gasteiger partial charge in [0.25, 0.3) is 0 Å². The summed E-state index contributed by atoms with van der Waals surface area (Å²) in [7, 11) is 0. The van der Waals surface area contributed by atoms with Crippen LogP contribution in [-0.2, 0) is 20.4 Å². The largest absolute Gasteiger partial charge is 0.493 e. The first-order chi connectivity index (χ1) is 18.4. The lowest BCUT2D eigenvalue weighted by atomic mass is 9.99. The van der Waals surface area contributed by atoms with Gasteiger partial charge >= 0.3 is 12.3 Å². The van der Waals surface area contributed by atoms with Crippen LogP contribution < -0.4 is 10.1 Å². The molecule has 11 heteroatoms. The Morgan fingerprint density at radius 1 is 1.02 bits per heavy atom. The number of amides is 2. The molecule has 1 unspecified atom stereocenters. The molecule has 8 nitrogen and oxygen atoms in total. The Bertz CT molecular complexity index is 1050. The van der Waals surface area contributed by atoms with E-state index in [1.165, 1.54) is 17.9 Å². The Morgan fingerprint density at radius 3 is 2.25 bits per heavy atom. The van der Waals surface area contributed by atoms with Gasteiger partial charge < -0.3 is 19.5 Å². The zero-order valence-corrected chi connectivity index (χ0v) is 24.6. The molecular weight excluding hydrogens is 529 g/mol. The molecule has 0 radical (unpaired) electrons. The summed E-state index contributed by atoms with van der Waals surface area (Å²) in [5.74, 6) is -1.77. The fourth-order valence-corrected chi connectivity index (χ4v) is 4.50. The molecule has 0 saturated carbocycles. The molecule has 1 N–H and O–H groups in total. The molecule has 1 aromatic rings. The number of hydrogen-bond donors (Lipinski definition) is 1. The van der Waals surface area contributed by atoms with Crippen molar-refractivity contribution in [2.45, 2.75) is 110 Å². The molecule has 0 aromatic heterocycles. The molecule has 40 heavy (non-hydrogen) atoms. The summed E-state index contributed by atoms with van der Waals surface area (Å²) in [4.78, 5) is 40.1. The maximum absolute atomic E-state index is 13.8. The quantitative estimate of drug-likeness (QED) is 0.227. The van der Waals surface area contributed by atoms with Crippen LogP contribution in [0.25, 0.3) is 0 Å². The monoisotopic (exact) mass is 572 g/mol. The SMILES string of the molecule is CCCCCCCCOc1ccc(C(=O)CNC(=O)C2(C)COC(C)(C)N2C(=O)OC(C)(C)C)cc1C(F)(F)F. The molecule has 1 atom stereocenters. The number of carbonyl (C=O) groups is 3. The van der Waals surface area contributed by atoms with E-state index >= 15 is 0 Å². The van der Waals surface area contributed by atoms with Gasteiger partial charge in [-0.15, -0.1) is 0 Å². The predicted molar refractivity (Wildman–Crippen MR) is 144 cm³/mol. The summed E-state index contributed by atoms with van der Waals surface area (Å²) in [6.07, 6.45) is 0.312. The van der Waals surface area contributed by atoms with Crippen molar-refractivity contribution in [1.82, 2.24) is 10.2 Å². The number of halogens is 3. The van der Waals surface area contributed by atoms with Crippen molar-refractivity contribution in [3.05, 3.63) is 29.3 Å². The Labute approximate surface area is 234 Å². The Kier molecular flexibility index (Phi) is 11.0. The van der Waals surface area contributed by atoms with Gasteiger partial charge in [-0.2, -0.15) is 13.2 Å². The van der Waals surface area contributed by atoms with E-state index in [2.05, 4.69) is 12.2 Å². The lowest BCUT2D eigenvalue weighted by molar-refractivity contribution is -0.139. The Hall–Kier alpha value is -2.82. The third kappa shape index (κ3) is 8.84. The summed E-state index contributed by atoms with van der Waals surface area (Å²) in [6.45, 7) is 11.3. The normalized spacial score (nSPS) is 18.9. The molecule has 2 amide bonds. The van der Waals surface area contributed by atoms with E-state index < -0.39 is 52.9 Å². The van der Waals surface area contributed by atoms with E-state index in [0.717, 1.165) is 44.2 Å². The number of Topliss-reactive ketones (excluding diaryl/α,β-unsaturated/α-hetero) is 1. The van der Waals surface area contributed by atoms with E-state index in [-0.39, 0.29) is 24.5 Å². The van der Waals surface area contributed by atoms with Crippen LogP contribution in [0, 0.1) is 0 Å². The third-order valence-corrected chi connectivity index (χ3v) is 6.58. The average molecular weight is 573 g/mol. The minimum absolute atomic E-state index is 0.143. The second kappa shape index (κ2) is 13.2. The minimum Gasteiger partial charge on any atom is -0.493 e. The van der Waals surface area contributed by atoms with Crippen LogP contribution in [0.1, 0.15) is 103 Å². The van der Waals surface area contributed by atoms with Gasteiger partial charge in [0.05, 0.1) is 25.3 Å². The van der Waals surface area contributed by atoms with Crippen molar-refractivity contribution in [3.63, 3.8) is 0 Å². The highest BCUT2D eigenvalue weighted by Gasteiger charge is 2.57. The van der Waals surface area contributed by atoms with Crippen molar-refractivity contribution < 1.29 is 41.8 Å². The minimum atomic E-state index is -4.73. The summed E-state index contributed by atoms with van der Waals surface area (Å²) in [5, 5.41) is 2.45. The highest BCUT2D eigenvalue weighted by molar-refractivity contribution is 6.01. The van der Waals surface area contributed by atoms with Gasteiger partial charge in [-0.05, 0) is 66.2 Å². The van der Waals surface area contributed by atoms with Gasteiger partial charge in [0.2, 0.25) is 5.91 Å². The average Bonchev–Trinajstić information content (AvgIpc) is 3.09. The van der Waals surface area contributed by atoms with E-state index in [0.29, 0.717) is 6.42 Å². The first-order valence-corrected chi connectivity index (χ1v) is 13.7. The second-order valence-corrected chi connectivity index (χ2v) is 11.8. The zero-order chi connectivity index (χ0) is 30.4. The number of carbonyl (C=O) groups excluding carboxylic acids is 3. The molecule has 0 bridgehead atoms. The maximum Gasteiger partial charge on any atom is 0.419 e. The summed E-state index contributed by atoms with van der Waals surface area (Å²) >= 11 is 0. The van der Waals surface area contributed by atoms with Crippen LogP contribution in [0.15, 0.2) is 18.2 Å². The number of alkyl halides is 3. The number of unbranched alkanes of at least 4 members (excludes halogenated alkanes) is 5. The lowest BCUT2D eigenvalue weighted by Crippen LogP contribution is -2.62. The van der Waals surface area contributed by atoms with Crippen molar-refractivity contribution in [2.75, 3.05) is 19.8 Å². The molecule has 1 aliphatic rings. The van der Waals surface area contributed by atoms with Crippen LogP contribution in [0.2, 0.25) is 0 Å². The van der Waals surface area contributed by atoms with Crippen LogP contribution >= 0.6 is 0 Å². The standard InChI is InChI=1S/C29H43F3N2O6/c1-8-9-10-11-12-13-16-38-23-15-14-20(17-21(23)29(30,31)32)22(35)18-33-24(36)28(7)19-39-27(5,6)34(28)25(37)40-26(2,3)4/h14-15,17H,8-13,16,18-19H2,1-7H3,(H,33,36). The highest BCUT2D eigenvalue weighted by Crippen LogP contribution is 2.38. The van der Waals surface area contributed by atoms with Crippen molar-refractivity contribution in [2.24, 2.45) is 0 Å². The number of rotatable bonds is 12. The molecular formula is C29H43F3N2O6. The first kappa shape index (κ1) is 33.4. The molecule has 1 saturated heterocycles. The number of benzene rings is 1. The third-order valence-electron chi connectivity index (χ3n) is 6.58. The van der Waals surface area contributed by atoms with Crippen LogP contribution in [-0.4, -0.2) is 59.3 Å². The molecule has 0 spiro atoms. The summed E-state index contributed by atoms with van der Waals surface area (Å²) in [6, 6.07) is 3.12. The molecule has 1 aliphatic heterocycles. The molecule has 1 fully saturated rings. The highest BCUT2D eigenvalue weighted by atomic mass is 19.4. The summed E-state index contributed by atoms with van der Waals surface area (Å²) < 4.78 is 57.8. The molecule has 2 rings (SSSR count). The number of ketones is 1. The number of nitrogens with zero attached hydrogens (tertiary/aromatic N) is 1. The molecule has 1 heterocycles. The van der Waals surface area contributed by atoms with Crippen LogP contribution in [0.5, 0.6) is 5.75 Å². The lowest BCUT2D eigenvalue weighted by Gasteiger charge is -2.39. The Morgan fingerprint density at radius 2 is 1.65 bits per heavy atom. The van der Waals surface area contributed by atoms with Gasteiger partial charge in [0.1, 0.15) is 22.6 Å². The van der Waals surface area contributed by atoms with Gasteiger partial charge in [-0.3, -0.25) is 14.5 Å². The summed E-state index contributed by atoms with van der Waals surface area (Å²) in [5.41, 5.74) is -4.80. The smallest absolute Gasteiger partial charge is 0.419 e. The van der Waals surface area contributed by atoms with Crippen molar-refractivity contribution >= 4 is 17.8 Å². The van der Waals surface area contributed by atoms with Crippen LogP contribution in [0.4, 0.5) is 18.0 Å². The number of hydrogen-bond acceptors (Lipinski definition) is 6. The first-order valence-electron chi connectivity index (χ1n) is 13.7. The topological polar surface area (TPSA) is 94.2 Å². The fraction of sp³-hybridized carbons (Fsp3) is 0.690. The maximum atomic E-state index is 13.8. The Balaban J connectivity index is 2.09. The number of nitrogens with one attached hydrogen (secondary N) is 1. The molecule has 0 aliphatic carbocycles. The zero-order valence-electron chi connectivity index (χ0n) is 24.6. The van der Waals surface area contributed by atoms with E-state index in [4.69, 9.17) is 14.2 Å². The van der Waals surface area contributed by atoms with E-state index in [9.17, 15) is 27.6 Å². The number of ether oxygens (including phenoxy) is 3. The fourth-order valence-electron chi connectivity index (χ4n) is 4.50. The van der Waals surface area contributed by atoms with E-state index in [1.807, 2.05) is 0 Å². The molecule has 226 valence electrons. The van der Waals surface area contributed by atoms with Gasteiger partial charge in [0, 0.05) is 5.56 Å².